The van der Waals surface area contributed by atoms with Crippen molar-refractivity contribution in [2.24, 2.45) is 0 Å². The van der Waals surface area contributed by atoms with E-state index in [2.05, 4.69) is 0 Å². The predicted octanol–water partition coefficient (Wildman–Crippen LogP) is -1.15. The molecule has 0 radical (unpaired) electrons. The molecule has 1 rings (SSSR count). The molecule has 0 atom stereocenters. The zero-order valence-electron chi connectivity index (χ0n) is 5.83. The van der Waals surface area contributed by atoms with Crippen molar-refractivity contribution in [1.29, 1.82) is 0 Å². The SMILES string of the molecule is Oc1ccccc1.[CH3-].[Rb+]. The molecule has 0 heterocycles. The molecular formula is C7H9ORb. The first kappa shape index (κ1) is 12.5. The van der Waals surface area contributed by atoms with Gasteiger partial charge < -0.3 is 12.5 Å². The van der Waals surface area contributed by atoms with Gasteiger partial charge in [0, 0.05) is 0 Å². The van der Waals surface area contributed by atoms with Gasteiger partial charge in [-0.05, 0) is 12.1 Å². The molecule has 2 heteroatoms. The van der Waals surface area contributed by atoms with Crippen LogP contribution >= 0.6 is 0 Å². The number of phenolic OH excluding ortho intramolecular Hbond substituents is 1. The maximum absolute atomic E-state index is 8.63. The second-order valence-corrected chi connectivity index (χ2v) is 1.34. The third-order valence-electron chi connectivity index (χ3n) is 0.756. The Bertz CT molecular complexity index is 139. The molecule has 0 spiro atoms. The van der Waals surface area contributed by atoms with E-state index in [4.69, 9.17) is 5.11 Å². The summed E-state index contributed by atoms with van der Waals surface area (Å²) in [5.74, 6) is 0.322. The Kier molecular flexibility index (Phi) is 9.63. The summed E-state index contributed by atoms with van der Waals surface area (Å²) < 4.78 is 0. The van der Waals surface area contributed by atoms with Crippen molar-refractivity contribution in [1.82, 2.24) is 0 Å². The minimum Gasteiger partial charge on any atom is -0.508 e. The number of hydrogen-bond acceptors (Lipinski definition) is 1. The van der Waals surface area contributed by atoms with Crippen LogP contribution in [0.5, 0.6) is 5.75 Å². The molecule has 1 N–H and O–H groups in total. The average molecular weight is 195 g/mol. The van der Waals surface area contributed by atoms with Gasteiger partial charge in [-0.3, -0.25) is 0 Å². The molecule has 1 aromatic carbocycles. The van der Waals surface area contributed by atoms with Crippen LogP contribution in [0.3, 0.4) is 0 Å². The molecule has 0 aliphatic carbocycles. The molecule has 0 fully saturated rings. The summed E-state index contributed by atoms with van der Waals surface area (Å²) in [5, 5.41) is 8.63. The molecule has 0 aromatic heterocycles. The second kappa shape index (κ2) is 6.94. The van der Waals surface area contributed by atoms with E-state index in [-0.39, 0.29) is 65.6 Å². The molecule has 1 nitrogen and oxygen atoms in total. The van der Waals surface area contributed by atoms with Crippen LogP contribution in [0, 0.1) is 7.43 Å². The summed E-state index contributed by atoms with van der Waals surface area (Å²) in [6.07, 6.45) is 0. The van der Waals surface area contributed by atoms with Gasteiger partial charge in [-0.15, -0.1) is 0 Å². The van der Waals surface area contributed by atoms with E-state index >= 15 is 0 Å². The molecule has 0 saturated heterocycles. The Balaban J connectivity index is 0. The molecule has 0 unspecified atom stereocenters. The number of aromatic hydroxyl groups is 1. The minimum absolute atomic E-state index is 0. The van der Waals surface area contributed by atoms with Gasteiger partial charge in [0.2, 0.25) is 0 Å². The summed E-state index contributed by atoms with van der Waals surface area (Å²) in [4.78, 5) is 0. The second-order valence-electron chi connectivity index (χ2n) is 1.34. The Morgan fingerprint density at radius 3 is 1.67 bits per heavy atom. The quantitative estimate of drug-likeness (QED) is 0.517. The smallest absolute Gasteiger partial charge is 0.508 e. The van der Waals surface area contributed by atoms with E-state index < -0.39 is 0 Å². The van der Waals surface area contributed by atoms with Gasteiger partial charge in [-0.2, -0.15) is 0 Å². The van der Waals surface area contributed by atoms with Crippen molar-refractivity contribution in [3.63, 3.8) is 0 Å². The van der Waals surface area contributed by atoms with Gasteiger partial charge in [0.1, 0.15) is 5.75 Å². The molecule has 0 bridgehead atoms. The zero-order valence-corrected chi connectivity index (χ0v) is 10.8. The van der Waals surface area contributed by atoms with Crippen LogP contribution in [0.1, 0.15) is 0 Å². The standard InChI is InChI=1S/C6H6O.CH3.Rb/c7-6-4-2-1-3-5-6;;/h1-5,7H;1H3;/q;-1;+1. The Labute approximate surface area is 105 Å². The van der Waals surface area contributed by atoms with Crippen LogP contribution in [-0.2, 0) is 0 Å². The first-order chi connectivity index (χ1) is 3.39. The molecule has 1 aromatic rings. The minimum atomic E-state index is 0. The molecular weight excluding hydrogens is 186 g/mol. The van der Waals surface area contributed by atoms with Crippen molar-refractivity contribution in [3.05, 3.63) is 37.8 Å². The van der Waals surface area contributed by atoms with E-state index in [0.29, 0.717) is 5.75 Å². The van der Waals surface area contributed by atoms with Gasteiger partial charge in [-0.25, -0.2) is 0 Å². The molecule has 44 valence electrons. The van der Waals surface area contributed by atoms with Gasteiger partial charge >= 0.3 is 58.2 Å². The van der Waals surface area contributed by atoms with Crippen LogP contribution in [0.2, 0.25) is 0 Å². The topological polar surface area (TPSA) is 20.2 Å². The third-order valence-corrected chi connectivity index (χ3v) is 0.756. The average Bonchev–Trinajstić information content (AvgIpc) is 1.69. The van der Waals surface area contributed by atoms with Crippen molar-refractivity contribution < 1.29 is 63.3 Å². The number of benzene rings is 1. The van der Waals surface area contributed by atoms with Crippen LogP contribution in [0.15, 0.2) is 30.3 Å². The van der Waals surface area contributed by atoms with Gasteiger partial charge in [0.05, 0.1) is 0 Å². The fraction of sp³-hybridized carbons (Fsp3) is 0. The Morgan fingerprint density at radius 1 is 1.00 bits per heavy atom. The monoisotopic (exact) mass is 194 g/mol. The summed E-state index contributed by atoms with van der Waals surface area (Å²) >= 11 is 0. The van der Waals surface area contributed by atoms with E-state index in [0.717, 1.165) is 0 Å². The van der Waals surface area contributed by atoms with E-state index in [9.17, 15) is 0 Å². The van der Waals surface area contributed by atoms with Gasteiger partial charge in [-0.1, -0.05) is 18.2 Å². The fourth-order valence-electron chi connectivity index (χ4n) is 0.428. The number of para-hydroxylation sites is 1. The summed E-state index contributed by atoms with van der Waals surface area (Å²) in [5.41, 5.74) is 0. The van der Waals surface area contributed by atoms with Crippen molar-refractivity contribution in [3.8, 4) is 5.75 Å². The van der Waals surface area contributed by atoms with Crippen molar-refractivity contribution in [2.75, 3.05) is 0 Å². The summed E-state index contributed by atoms with van der Waals surface area (Å²) in [7, 11) is 0. The normalized spacial score (nSPS) is 6.67. The maximum Gasteiger partial charge on any atom is 1.00 e. The molecule has 0 amide bonds. The Hall–Kier alpha value is 0.825. The summed E-state index contributed by atoms with van der Waals surface area (Å²) in [6, 6.07) is 8.71. The molecule has 9 heavy (non-hydrogen) atoms. The summed E-state index contributed by atoms with van der Waals surface area (Å²) in [6.45, 7) is 0. The fourth-order valence-corrected chi connectivity index (χ4v) is 0.428. The van der Waals surface area contributed by atoms with Crippen LogP contribution in [0.25, 0.3) is 0 Å². The maximum atomic E-state index is 8.63. The van der Waals surface area contributed by atoms with Gasteiger partial charge in [0.25, 0.3) is 0 Å². The number of rotatable bonds is 0. The molecule has 0 aliphatic heterocycles. The zero-order chi connectivity index (χ0) is 5.11. The largest absolute Gasteiger partial charge is 1.00 e. The Morgan fingerprint density at radius 2 is 1.44 bits per heavy atom. The van der Waals surface area contributed by atoms with Crippen LogP contribution < -0.4 is 58.2 Å². The number of hydrogen-bond donors (Lipinski definition) is 1. The van der Waals surface area contributed by atoms with Crippen LogP contribution in [0.4, 0.5) is 0 Å². The first-order valence-electron chi connectivity index (χ1n) is 2.13. The molecule has 0 aliphatic rings. The van der Waals surface area contributed by atoms with E-state index in [1.165, 1.54) is 0 Å². The number of phenols is 1. The first-order valence-corrected chi connectivity index (χ1v) is 2.13. The van der Waals surface area contributed by atoms with Crippen molar-refractivity contribution >= 4 is 0 Å². The van der Waals surface area contributed by atoms with Crippen LogP contribution in [-0.4, -0.2) is 5.11 Å². The van der Waals surface area contributed by atoms with E-state index in [1.54, 1.807) is 24.3 Å². The van der Waals surface area contributed by atoms with E-state index in [1.807, 2.05) is 6.07 Å². The van der Waals surface area contributed by atoms with Crippen molar-refractivity contribution in [2.45, 2.75) is 0 Å². The van der Waals surface area contributed by atoms with Gasteiger partial charge in [0.15, 0.2) is 0 Å². The third kappa shape index (κ3) is 5.28. The molecule has 0 saturated carbocycles. The predicted molar refractivity (Wildman–Crippen MR) is 34.5 cm³/mol.